The molecule has 0 saturated carbocycles. The van der Waals surface area contributed by atoms with Crippen LogP contribution in [0.3, 0.4) is 0 Å². The lowest BCUT2D eigenvalue weighted by Gasteiger charge is -2.29. The zero-order chi connectivity index (χ0) is 22.3. The van der Waals surface area contributed by atoms with E-state index in [-0.39, 0.29) is 37.2 Å². The molecule has 0 aromatic carbocycles. The Morgan fingerprint density at radius 1 is 1.26 bits per heavy atom. The molecule has 1 saturated heterocycles. The molecule has 8 nitrogen and oxygen atoms in total. The molecule has 4 heterocycles. The summed E-state index contributed by atoms with van der Waals surface area (Å²) in [5.41, 5.74) is 1.26. The van der Waals surface area contributed by atoms with Crippen molar-refractivity contribution >= 4 is 52.1 Å². The van der Waals surface area contributed by atoms with Crippen LogP contribution in [0.4, 0.5) is 0 Å². The van der Waals surface area contributed by atoms with E-state index in [0.29, 0.717) is 16.9 Å². The lowest BCUT2D eigenvalue weighted by Crippen LogP contribution is -2.52. The zero-order valence-electron chi connectivity index (χ0n) is 17.0. The van der Waals surface area contributed by atoms with Crippen LogP contribution in [-0.2, 0) is 27.5 Å². The van der Waals surface area contributed by atoms with E-state index >= 15 is 0 Å². The highest BCUT2D eigenvalue weighted by molar-refractivity contribution is 7.15. The average Bonchev–Trinajstić information content (AvgIpc) is 3.43. The van der Waals surface area contributed by atoms with Gasteiger partial charge >= 0.3 is 0 Å². The van der Waals surface area contributed by atoms with Gasteiger partial charge in [0.2, 0.25) is 11.8 Å². The van der Waals surface area contributed by atoms with Crippen LogP contribution in [-0.4, -0.2) is 40.4 Å². The highest BCUT2D eigenvalue weighted by Gasteiger charge is 2.40. The van der Waals surface area contributed by atoms with Crippen molar-refractivity contribution in [1.29, 1.82) is 0 Å². The summed E-state index contributed by atoms with van der Waals surface area (Å²) in [6.45, 7) is 4.42. The number of nitrogens with zero attached hydrogens (tertiary/aromatic N) is 1. The van der Waals surface area contributed by atoms with E-state index in [2.05, 4.69) is 10.6 Å². The van der Waals surface area contributed by atoms with Gasteiger partial charge in [-0.25, -0.2) is 0 Å². The van der Waals surface area contributed by atoms with Gasteiger partial charge in [-0.3, -0.25) is 29.3 Å². The molecule has 2 aliphatic rings. The second-order valence-corrected chi connectivity index (χ2v) is 9.90. The van der Waals surface area contributed by atoms with Gasteiger partial charge in [-0.2, -0.15) is 0 Å². The molecule has 1 fully saturated rings. The molecule has 162 valence electrons. The van der Waals surface area contributed by atoms with Crippen LogP contribution in [0, 0.1) is 0 Å². The Balaban J connectivity index is 1.41. The molecule has 10 heteroatoms. The van der Waals surface area contributed by atoms with Gasteiger partial charge in [0.15, 0.2) is 0 Å². The number of thiophene rings is 2. The van der Waals surface area contributed by atoms with Crippen LogP contribution >= 0.6 is 22.7 Å². The van der Waals surface area contributed by atoms with E-state index in [9.17, 15) is 24.0 Å². The quantitative estimate of drug-likeness (QED) is 0.391. The number of nitrogens with one attached hydrogen (secondary N) is 2. The van der Waals surface area contributed by atoms with Crippen LogP contribution in [0.2, 0.25) is 0 Å². The molecule has 0 bridgehead atoms. The van der Waals surface area contributed by atoms with Gasteiger partial charge in [0.05, 0.1) is 17.0 Å². The number of Topliss-reactive ketones (excluding diaryl/α,β-unsaturated/α-hetero) is 1. The highest BCUT2D eigenvalue weighted by Crippen LogP contribution is 2.33. The lowest BCUT2D eigenvalue weighted by atomic mass is 10.0. The van der Waals surface area contributed by atoms with Crippen molar-refractivity contribution in [3.05, 3.63) is 43.3 Å². The molecule has 0 aliphatic carbocycles. The van der Waals surface area contributed by atoms with Gasteiger partial charge in [0.1, 0.15) is 6.04 Å². The molecule has 4 amide bonds. The number of carbonyl (C=O) groups is 5. The summed E-state index contributed by atoms with van der Waals surface area (Å²) in [6, 6.07) is 2.85. The fourth-order valence-corrected chi connectivity index (χ4v) is 5.61. The Bertz CT molecular complexity index is 1100. The molecular formula is C21H21N3O5S2. The van der Waals surface area contributed by atoms with Crippen molar-refractivity contribution in [2.24, 2.45) is 0 Å². The van der Waals surface area contributed by atoms with Crippen LogP contribution in [0.15, 0.2) is 17.5 Å². The molecule has 0 spiro atoms. The Hall–Kier alpha value is -2.85. The molecule has 2 aromatic heterocycles. The molecular weight excluding hydrogens is 438 g/mol. The predicted octanol–water partition coefficient (Wildman–Crippen LogP) is 2.19. The third kappa shape index (κ3) is 4.05. The van der Waals surface area contributed by atoms with Gasteiger partial charge < -0.3 is 10.2 Å². The number of hydrogen-bond acceptors (Lipinski definition) is 7. The van der Waals surface area contributed by atoms with Crippen molar-refractivity contribution in [2.45, 2.75) is 51.7 Å². The maximum absolute atomic E-state index is 12.8. The summed E-state index contributed by atoms with van der Waals surface area (Å²) in [5.74, 6) is -2.03. The maximum Gasteiger partial charge on any atom is 0.293 e. The van der Waals surface area contributed by atoms with E-state index in [4.69, 9.17) is 0 Å². The van der Waals surface area contributed by atoms with Gasteiger partial charge in [0, 0.05) is 28.1 Å². The van der Waals surface area contributed by atoms with Crippen LogP contribution in [0.5, 0.6) is 0 Å². The minimum absolute atomic E-state index is 0.128. The zero-order valence-corrected chi connectivity index (χ0v) is 18.7. The van der Waals surface area contributed by atoms with Crippen molar-refractivity contribution in [3.63, 3.8) is 0 Å². The van der Waals surface area contributed by atoms with Crippen molar-refractivity contribution in [1.82, 2.24) is 15.5 Å². The first-order valence-corrected chi connectivity index (χ1v) is 11.6. The number of piperidine rings is 1. The second kappa shape index (κ2) is 8.35. The number of rotatable bonds is 6. The first-order chi connectivity index (χ1) is 14.8. The number of fused-ring (bicyclic) bond motifs is 1. The smallest absolute Gasteiger partial charge is 0.293 e. The Kier molecular flexibility index (Phi) is 5.76. The summed E-state index contributed by atoms with van der Waals surface area (Å²) in [6.07, 6.45) is 0.489. The lowest BCUT2D eigenvalue weighted by molar-refractivity contribution is -0.136. The molecule has 1 atom stereocenters. The normalized spacial score (nSPS) is 18.4. The first kappa shape index (κ1) is 21.4. The third-order valence-corrected chi connectivity index (χ3v) is 7.84. The van der Waals surface area contributed by atoms with Gasteiger partial charge in [-0.05, 0) is 30.0 Å². The molecule has 0 radical (unpaired) electrons. The molecule has 2 N–H and O–H groups in total. The van der Waals surface area contributed by atoms with Gasteiger partial charge in [-0.1, -0.05) is 13.8 Å². The van der Waals surface area contributed by atoms with E-state index < -0.39 is 23.6 Å². The number of carbonyl (C=O) groups excluding carboxylic acids is 5. The fourth-order valence-electron chi connectivity index (χ4n) is 3.69. The first-order valence-electron chi connectivity index (χ1n) is 9.92. The number of hydrogen-bond donors (Lipinski definition) is 2. The molecule has 31 heavy (non-hydrogen) atoms. The molecule has 2 aliphatic heterocycles. The minimum atomic E-state index is -0.689. The predicted molar refractivity (Wildman–Crippen MR) is 115 cm³/mol. The average molecular weight is 460 g/mol. The van der Waals surface area contributed by atoms with E-state index in [1.807, 2.05) is 19.9 Å². The van der Waals surface area contributed by atoms with Crippen molar-refractivity contribution in [3.8, 4) is 0 Å². The van der Waals surface area contributed by atoms with E-state index in [1.165, 1.54) is 27.6 Å². The Morgan fingerprint density at radius 3 is 2.71 bits per heavy atom. The third-order valence-electron chi connectivity index (χ3n) is 5.42. The summed E-state index contributed by atoms with van der Waals surface area (Å²) < 4.78 is 0. The molecule has 4 rings (SSSR count). The van der Waals surface area contributed by atoms with Crippen molar-refractivity contribution < 1.29 is 24.0 Å². The fraction of sp³-hybridized carbons (Fsp3) is 0.381. The largest absolute Gasteiger partial charge is 0.344 e. The summed E-state index contributed by atoms with van der Waals surface area (Å²) in [7, 11) is 0. The van der Waals surface area contributed by atoms with Crippen LogP contribution in [0.1, 0.15) is 68.0 Å². The van der Waals surface area contributed by atoms with E-state index in [0.717, 1.165) is 15.3 Å². The maximum atomic E-state index is 12.8. The highest BCUT2D eigenvalue weighted by atomic mass is 32.1. The molecule has 2 aromatic rings. The van der Waals surface area contributed by atoms with Crippen LogP contribution in [0.25, 0.3) is 0 Å². The van der Waals surface area contributed by atoms with Crippen molar-refractivity contribution in [2.75, 3.05) is 0 Å². The van der Waals surface area contributed by atoms with Gasteiger partial charge in [0.25, 0.3) is 17.6 Å². The second-order valence-electron chi connectivity index (χ2n) is 7.82. The number of amides is 4. The van der Waals surface area contributed by atoms with Crippen LogP contribution < -0.4 is 10.6 Å². The Morgan fingerprint density at radius 2 is 2.03 bits per heavy atom. The minimum Gasteiger partial charge on any atom is -0.344 e. The van der Waals surface area contributed by atoms with E-state index in [1.54, 1.807) is 11.4 Å². The number of ketones is 1. The summed E-state index contributed by atoms with van der Waals surface area (Å²) >= 11 is 2.65. The summed E-state index contributed by atoms with van der Waals surface area (Å²) in [4.78, 5) is 64.7. The number of imide groups is 1. The topological polar surface area (TPSA) is 113 Å². The summed E-state index contributed by atoms with van der Waals surface area (Å²) in [5, 5.41) is 6.63. The Labute approximate surface area is 186 Å². The molecule has 1 unspecified atom stereocenters. The van der Waals surface area contributed by atoms with Gasteiger partial charge in [-0.15, -0.1) is 22.7 Å². The SMILES string of the molecule is CC(C)c1ccc(C(=O)C(=O)NCc2scc3c2CN(C2CCC(=O)NC2=O)C3=O)s1. The standard InChI is InChI=1S/C21H21N3O5S2/c1-10(2)14-4-5-15(31-14)18(26)20(28)22-7-16-11-8-24(21(29)12(11)9-30-16)13-3-6-17(25)23-19(13)27/h4-5,9-10,13H,3,6-8H2,1-2H3,(H,22,28)(H,23,25,27). The monoisotopic (exact) mass is 459 g/mol.